The van der Waals surface area contributed by atoms with Crippen LogP contribution in [0, 0.1) is 0 Å². The van der Waals surface area contributed by atoms with E-state index in [1.54, 1.807) is 0 Å². The van der Waals surface area contributed by atoms with E-state index < -0.39 is 24.3 Å². The van der Waals surface area contributed by atoms with E-state index in [1.807, 2.05) is 21.1 Å². The molecule has 89 heavy (non-hydrogen) atoms. The summed E-state index contributed by atoms with van der Waals surface area (Å²) in [5, 5.41) is 9.76. The Morgan fingerprint density at radius 1 is 0.348 bits per heavy atom. The van der Waals surface area contributed by atoms with E-state index in [2.05, 4.69) is 123 Å². The molecule has 0 spiro atoms. The molecule has 0 radical (unpaired) electrons. The van der Waals surface area contributed by atoms with Gasteiger partial charge in [-0.15, -0.1) is 0 Å². The van der Waals surface area contributed by atoms with Crippen LogP contribution >= 0.6 is 0 Å². The van der Waals surface area contributed by atoms with Gasteiger partial charge in [-0.05, 0) is 83.5 Å². The highest BCUT2D eigenvalue weighted by Gasteiger charge is 2.25. The van der Waals surface area contributed by atoms with Gasteiger partial charge < -0.3 is 28.5 Å². The molecule has 2 unspecified atom stereocenters. The zero-order valence-electron chi connectivity index (χ0n) is 58.6. The first-order valence-electron chi connectivity index (χ1n) is 37.1. The summed E-state index contributed by atoms with van der Waals surface area (Å²) in [4.78, 5) is 37.7. The molecule has 1 N–H and O–H groups in total. The monoisotopic (exact) mass is 1240 g/mol. The number of likely N-dealkylation sites (N-methyl/N-ethyl adjacent to an activating group) is 1. The lowest BCUT2D eigenvalue weighted by Gasteiger charge is -2.25. The lowest BCUT2D eigenvalue weighted by atomic mass is 10.0. The number of rotatable bonds is 68. The van der Waals surface area contributed by atoms with Crippen LogP contribution in [0.5, 0.6) is 0 Å². The lowest BCUT2D eigenvalue weighted by molar-refractivity contribution is -0.870. The van der Waals surface area contributed by atoms with Crippen molar-refractivity contribution in [1.29, 1.82) is 0 Å². The smallest absolute Gasteiger partial charge is 0.361 e. The molecule has 0 aromatic carbocycles. The largest absolute Gasteiger partial charge is 0.477 e. The van der Waals surface area contributed by atoms with Gasteiger partial charge in [0, 0.05) is 12.8 Å². The number of carboxylic acids is 1. The Hall–Kier alpha value is -4.05. The number of esters is 2. The number of carbonyl (C=O) groups is 3. The van der Waals surface area contributed by atoms with Gasteiger partial charge in [0.1, 0.15) is 13.2 Å². The number of carbonyl (C=O) groups excluding carboxylic acids is 2. The van der Waals surface area contributed by atoms with Crippen molar-refractivity contribution in [2.45, 2.75) is 334 Å². The second-order valence-electron chi connectivity index (χ2n) is 25.9. The highest BCUT2D eigenvalue weighted by Crippen LogP contribution is 2.18. The van der Waals surface area contributed by atoms with Gasteiger partial charge in [0.05, 0.1) is 34.4 Å². The molecule has 0 aromatic heterocycles. The van der Waals surface area contributed by atoms with Gasteiger partial charge >= 0.3 is 17.9 Å². The molecular formula is C80H140NO8+. The second kappa shape index (κ2) is 69.8. The summed E-state index contributed by atoms with van der Waals surface area (Å²) in [7, 11) is 5.98. The van der Waals surface area contributed by atoms with Crippen molar-refractivity contribution in [3.8, 4) is 0 Å². The number of ether oxygens (including phenoxy) is 4. The van der Waals surface area contributed by atoms with Crippen LogP contribution in [0.25, 0.3) is 0 Å². The fraction of sp³-hybridized carbons (Fsp3) is 0.738. The maximum atomic E-state index is 13.0. The Bertz CT molecular complexity index is 1830. The highest BCUT2D eigenvalue weighted by atomic mass is 16.7. The van der Waals surface area contributed by atoms with Crippen molar-refractivity contribution in [1.82, 2.24) is 0 Å². The molecule has 0 bridgehead atoms. The minimum Gasteiger partial charge on any atom is -0.477 e. The summed E-state index contributed by atoms with van der Waals surface area (Å²) >= 11 is 0. The minimum atomic E-state index is -1.52. The summed E-state index contributed by atoms with van der Waals surface area (Å²) in [6.45, 7) is 4.79. The quantitative estimate of drug-likeness (QED) is 0.0211. The molecule has 0 saturated carbocycles. The zero-order valence-corrected chi connectivity index (χ0v) is 58.6. The molecule has 0 amide bonds. The van der Waals surface area contributed by atoms with Crippen LogP contribution in [0.4, 0.5) is 0 Å². The molecule has 0 saturated heterocycles. The normalized spacial score (nSPS) is 13.3. The van der Waals surface area contributed by atoms with E-state index in [4.69, 9.17) is 18.9 Å². The van der Waals surface area contributed by atoms with E-state index in [0.29, 0.717) is 23.9 Å². The average Bonchev–Trinajstić information content (AvgIpc) is 3.70. The fourth-order valence-corrected chi connectivity index (χ4v) is 10.4. The van der Waals surface area contributed by atoms with Crippen molar-refractivity contribution in [2.24, 2.45) is 0 Å². The average molecular weight is 1240 g/mol. The lowest BCUT2D eigenvalue weighted by Crippen LogP contribution is -2.40. The SMILES string of the molecule is CC/C=C\C/C=C\C/C=C\C/C=C\C/C=C\C/C=C\C/C=C\C/C=C\C/C=C\CCCCCCCCCCCC(=O)OC(COC(=O)CCCCCCCCCCCCCCCCCCCCCCCCCCCCC)COC(OCC[N+](C)(C)C)C(=O)O. The van der Waals surface area contributed by atoms with Crippen LogP contribution in [0.1, 0.15) is 322 Å². The van der Waals surface area contributed by atoms with Crippen molar-refractivity contribution < 1.29 is 42.9 Å². The molecular weight excluding hydrogens is 1100 g/mol. The van der Waals surface area contributed by atoms with Gasteiger partial charge in [-0.3, -0.25) is 9.59 Å². The van der Waals surface area contributed by atoms with Gasteiger partial charge in [-0.25, -0.2) is 4.79 Å². The zero-order chi connectivity index (χ0) is 64.7. The topological polar surface area (TPSA) is 108 Å². The standard InChI is InChI=1S/C80H139NO8/c1-6-8-10-12-14-16-18-20-22-24-26-28-30-32-34-35-36-37-38-39-40-41-42-43-45-47-49-51-53-55-57-59-61-63-65-67-69-71-78(83)89-76(75-88-80(79(84)85)86-73-72-81(3,4)5)74-87-77(82)70-68-66-64-62-60-58-56-54-52-50-48-46-44-33-31-29-27-25-23-21-19-17-15-13-11-9-7-2/h8,10,14,16,20,22,26,28,32,34,36-37,39-40,42-43,47,49,76,80H,6-7,9,11-13,15,17-19,21,23-25,27,29-31,33,35,38,41,44-46,48,50-75H2,1-5H3/p+1/b10-8-,16-14-,22-20-,28-26-,34-32-,37-36-,40-39-,43-42-,49-47-. The van der Waals surface area contributed by atoms with Gasteiger partial charge in [0.2, 0.25) is 0 Å². The summed E-state index contributed by atoms with van der Waals surface area (Å²) in [6, 6.07) is 0. The maximum Gasteiger partial charge on any atom is 0.361 e. The molecule has 0 aromatic rings. The molecule has 0 aliphatic heterocycles. The van der Waals surface area contributed by atoms with Gasteiger partial charge in [0.25, 0.3) is 6.29 Å². The Labute approximate surface area is 549 Å². The third-order valence-corrected chi connectivity index (χ3v) is 16.0. The number of hydrogen-bond donors (Lipinski definition) is 1. The molecule has 0 aliphatic carbocycles. The van der Waals surface area contributed by atoms with Gasteiger partial charge in [-0.2, -0.15) is 0 Å². The number of aliphatic carboxylic acids is 1. The molecule has 0 heterocycles. The van der Waals surface area contributed by atoms with Crippen molar-refractivity contribution in [3.63, 3.8) is 0 Å². The molecule has 9 nitrogen and oxygen atoms in total. The van der Waals surface area contributed by atoms with Gasteiger partial charge in [0.15, 0.2) is 6.10 Å². The van der Waals surface area contributed by atoms with E-state index >= 15 is 0 Å². The first kappa shape index (κ1) is 85.0. The molecule has 2 atom stereocenters. The number of carboxylic acid groups (broad SMARTS) is 1. The third-order valence-electron chi connectivity index (χ3n) is 16.0. The predicted molar refractivity (Wildman–Crippen MR) is 382 cm³/mol. The first-order valence-corrected chi connectivity index (χ1v) is 37.1. The summed E-state index contributed by atoms with van der Waals surface area (Å²) in [5.74, 6) is -2.00. The molecule has 0 fully saturated rings. The van der Waals surface area contributed by atoms with Crippen LogP contribution in [-0.4, -0.2) is 87.4 Å². The molecule has 0 aliphatic rings. The Morgan fingerprint density at radius 2 is 0.640 bits per heavy atom. The van der Waals surface area contributed by atoms with Crippen LogP contribution < -0.4 is 0 Å². The number of quaternary nitrogens is 1. The molecule has 512 valence electrons. The molecule has 0 rings (SSSR count). The first-order chi connectivity index (χ1) is 43.6. The van der Waals surface area contributed by atoms with Crippen LogP contribution in [0.2, 0.25) is 0 Å². The maximum absolute atomic E-state index is 13.0. The third kappa shape index (κ3) is 71.3. The van der Waals surface area contributed by atoms with Crippen LogP contribution in [-0.2, 0) is 33.3 Å². The van der Waals surface area contributed by atoms with E-state index in [9.17, 15) is 19.5 Å². The van der Waals surface area contributed by atoms with Crippen molar-refractivity contribution in [2.75, 3.05) is 47.5 Å². The number of allylic oxidation sites excluding steroid dienone is 18. The number of unbranched alkanes of at least 4 members (excludes halogenated alkanes) is 35. The van der Waals surface area contributed by atoms with Crippen molar-refractivity contribution >= 4 is 17.9 Å². The summed E-state index contributed by atoms with van der Waals surface area (Å²) in [6.07, 6.45) is 95.0. The Morgan fingerprint density at radius 3 is 0.955 bits per heavy atom. The summed E-state index contributed by atoms with van der Waals surface area (Å²) in [5.41, 5.74) is 0. The van der Waals surface area contributed by atoms with E-state index in [0.717, 1.165) is 103 Å². The van der Waals surface area contributed by atoms with Crippen LogP contribution in [0.3, 0.4) is 0 Å². The van der Waals surface area contributed by atoms with Crippen molar-refractivity contribution in [3.05, 3.63) is 109 Å². The minimum absolute atomic E-state index is 0.184. The summed E-state index contributed by atoms with van der Waals surface area (Å²) < 4.78 is 23.0. The highest BCUT2D eigenvalue weighted by molar-refractivity contribution is 5.71. The molecule has 9 heteroatoms. The van der Waals surface area contributed by atoms with E-state index in [1.165, 1.54) is 186 Å². The fourth-order valence-electron chi connectivity index (χ4n) is 10.4. The predicted octanol–water partition coefficient (Wildman–Crippen LogP) is 23.4. The van der Waals surface area contributed by atoms with Crippen LogP contribution in [0.15, 0.2) is 109 Å². The number of hydrogen-bond acceptors (Lipinski definition) is 7. The second-order valence-corrected chi connectivity index (χ2v) is 25.9. The Balaban J connectivity index is 4.13. The number of nitrogens with zero attached hydrogens (tertiary/aromatic N) is 1. The van der Waals surface area contributed by atoms with E-state index in [-0.39, 0.29) is 32.2 Å². The van der Waals surface area contributed by atoms with Gasteiger partial charge in [-0.1, -0.05) is 335 Å². The Kier molecular flexibility index (Phi) is 66.7.